The summed E-state index contributed by atoms with van der Waals surface area (Å²) in [6.07, 6.45) is 1.89. The molecule has 0 saturated carbocycles. The van der Waals surface area contributed by atoms with Crippen LogP contribution in [0.2, 0.25) is 0 Å². The predicted octanol–water partition coefficient (Wildman–Crippen LogP) is 1.33. The van der Waals surface area contributed by atoms with E-state index < -0.39 is 5.54 Å². The van der Waals surface area contributed by atoms with Gasteiger partial charge in [-0.1, -0.05) is 12.1 Å². The lowest BCUT2D eigenvalue weighted by molar-refractivity contribution is 0.210. The molecule has 0 aliphatic carbocycles. The lowest BCUT2D eigenvalue weighted by atomic mass is 9.93. The number of rotatable bonds is 2. The first-order chi connectivity index (χ1) is 6.63. The Morgan fingerprint density at radius 2 is 2.21 bits per heavy atom. The fraction of sp³-hybridized carbons (Fsp3) is 0.273. The molecule has 2 rings (SSSR count). The molecule has 1 heterocycles. The molecule has 1 unspecified atom stereocenters. The number of nitrogens with one attached hydrogen (secondary N) is 1. The molecule has 0 aliphatic heterocycles. The van der Waals surface area contributed by atoms with Crippen molar-refractivity contribution in [2.24, 2.45) is 5.73 Å². The summed E-state index contributed by atoms with van der Waals surface area (Å²) >= 11 is 0. The molecule has 2 aromatic rings. The minimum Gasteiger partial charge on any atom is -0.394 e. The third-order valence-corrected chi connectivity index (χ3v) is 2.54. The van der Waals surface area contributed by atoms with E-state index in [4.69, 9.17) is 10.8 Å². The molecule has 0 saturated heterocycles. The Bertz CT molecular complexity index is 445. The smallest absolute Gasteiger partial charge is 0.0650 e. The Labute approximate surface area is 82.6 Å². The van der Waals surface area contributed by atoms with Crippen molar-refractivity contribution < 1.29 is 5.11 Å². The first-order valence-corrected chi connectivity index (χ1v) is 4.61. The number of benzene rings is 1. The standard InChI is InChI=1S/C11H14N2O/c1-11(12,7-14)9-3-2-8-4-5-13-10(8)6-9/h2-6,13-14H,7,12H2,1H3. The van der Waals surface area contributed by atoms with E-state index in [2.05, 4.69) is 4.98 Å². The lowest BCUT2D eigenvalue weighted by Crippen LogP contribution is -2.36. The molecule has 1 aromatic carbocycles. The van der Waals surface area contributed by atoms with Crippen LogP contribution >= 0.6 is 0 Å². The van der Waals surface area contributed by atoms with Gasteiger partial charge in [0.2, 0.25) is 0 Å². The van der Waals surface area contributed by atoms with Crippen molar-refractivity contribution in [3.8, 4) is 0 Å². The molecule has 1 aromatic heterocycles. The van der Waals surface area contributed by atoms with Gasteiger partial charge in [0.05, 0.1) is 12.1 Å². The van der Waals surface area contributed by atoms with Crippen molar-refractivity contribution in [2.45, 2.75) is 12.5 Å². The van der Waals surface area contributed by atoms with E-state index in [0.29, 0.717) is 0 Å². The molecule has 0 amide bonds. The molecular formula is C11H14N2O. The highest BCUT2D eigenvalue weighted by molar-refractivity contribution is 5.80. The molecule has 0 aliphatic rings. The fourth-order valence-corrected chi connectivity index (χ4v) is 1.49. The van der Waals surface area contributed by atoms with Gasteiger partial charge in [-0.2, -0.15) is 0 Å². The van der Waals surface area contributed by atoms with Gasteiger partial charge in [0.1, 0.15) is 0 Å². The molecule has 3 nitrogen and oxygen atoms in total. The Morgan fingerprint density at radius 1 is 1.43 bits per heavy atom. The summed E-state index contributed by atoms with van der Waals surface area (Å²) in [5.41, 5.74) is 7.25. The molecule has 4 N–H and O–H groups in total. The number of aromatic amines is 1. The molecule has 0 bridgehead atoms. The topological polar surface area (TPSA) is 62.0 Å². The monoisotopic (exact) mass is 190 g/mol. The van der Waals surface area contributed by atoms with Crippen LogP contribution in [0.15, 0.2) is 30.5 Å². The third kappa shape index (κ3) is 1.41. The van der Waals surface area contributed by atoms with Crippen LogP contribution in [0.25, 0.3) is 10.9 Å². The van der Waals surface area contributed by atoms with Crippen molar-refractivity contribution in [1.29, 1.82) is 0 Å². The second-order valence-corrected chi connectivity index (χ2v) is 3.86. The van der Waals surface area contributed by atoms with Gasteiger partial charge >= 0.3 is 0 Å². The summed E-state index contributed by atoms with van der Waals surface area (Å²) in [6, 6.07) is 7.94. The average molecular weight is 190 g/mol. The van der Waals surface area contributed by atoms with Crippen LogP contribution in [-0.2, 0) is 5.54 Å². The van der Waals surface area contributed by atoms with Crippen molar-refractivity contribution in [3.63, 3.8) is 0 Å². The fourth-order valence-electron chi connectivity index (χ4n) is 1.49. The molecule has 0 radical (unpaired) electrons. The summed E-state index contributed by atoms with van der Waals surface area (Å²) < 4.78 is 0. The third-order valence-electron chi connectivity index (χ3n) is 2.54. The highest BCUT2D eigenvalue weighted by atomic mass is 16.3. The highest BCUT2D eigenvalue weighted by Gasteiger charge is 2.19. The zero-order valence-corrected chi connectivity index (χ0v) is 8.12. The average Bonchev–Trinajstić information content (AvgIpc) is 2.64. The predicted molar refractivity (Wildman–Crippen MR) is 56.9 cm³/mol. The number of nitrogens with two attached hydrogens (primary N) is 1. The summed E-state index contributed by atoms with van der Waals surface area (Å²) in [7, 11) is 0. The molecule has 0 fully saturated rings. The number of aliphatic hydroxyl groups excluding tert-OH is 1. The van der Waals surface area contributed by atoms with Crippen LogP contribution in [0, 0.1) is 0 Å². The largest absolute Gasteiger partial charge is 0.394 e. The number of hydrogen-bond acceptors (Lipinski definition) is 2. The minimum atomic E-state index is -0.667. The summed E-state index contributed by atoms with van der Waals surface area (Å²) in [5, 5.41) is 10.3. The quantitative estimate of drug-likeness (QED) is 0.669. The van der Waals surface area contributed by atoms with Gasteiger partial charge in [-0.15, -0.1) is 0 Å². The molecule has 0 spiro atoms. The Morgan fingerprint density at radius 3 is 2.93 bits per heavy atom. The maximum absolute atomic E-state index is 9.13. The van der Waals surface area contributed by atoms with E-state index in [1.165, 1.54) is 0 Å². The summed E-state index contributed by atoms with van der Waals surface area (Å²) in [6.45, 7) is 1.76. The van der Waals surface area contributed by atoms with E-state index in [1.54, 1.807) is 0 Å². The first kappa shape index (κ1) is 9.24. The maximum Gasteiger partial charge on any atom is 0.0650 e. The molecule has 1 atom stereocenters. The van der Waals surface area contributed by atoms with Crippen molar-refractivity contribution in [3.05, 3.63) is 36.0 Å². The van der Waals surface area contributed by atoms with Crippen LogP contribution in [0.5, 0.6) is 0 Å². The van der Waals surface area contributed by atoms with Gasteiger partial charge in [-0.05, 0) is 30.0 Å². The summed E-state index contributed by atoms with van der Waals surface area (Å²) in [5.74, 6) is 0. The zero-order chi connectivity index (χ0) is 10.2. The van der Waals surface area contributed by atoms with Gasteiger partial charge in [0.15, 0.2) is 0 Å². The molecular weight excluding hydrogens is 176 g/mol. The van der Waals surface area contributed by atoms with Crippen molar-refractivity contribution in [1.82, 2.24) is 4.98 Å². The van der Waals surface area contributed by atoms with Crippen molar-refractivity contribution >= 4 is 10.9 Å². The van der Waals surface area contributed by atoms with Crippen LogP contribution < -0.4 is 5.73 Å². The number of aliphatic hydroxyl groups is 1. The second-order valence-electron chi connectivity index (χ2n) is 3.86. The van der Waals surface area contributed by atoms with E-state index in [0.717, 1.165) is 16.5 Å². The van der Waals surface area contributed by atoms with Crippen LogP contribution in [0.4, 0.5) is 0 Å². The van der Waals surface area contributed by atoms with Gasteiger partial charge < -0.3 is 15.8 Å². The Hall–Kier alpha value is -1.32. The minimum absolute atomic E-state index is 0.0563. The van der Waals surface area contributed by atoms with Crippen LogP contribution in [0.3, 0.4) is 0 Å². The van der Waals surface area contributed by atoms with Crippen LogP contribution in [0.1, 0.15) is 12.5 Å². The van der Waals surface area contributed by atoms with Crippen molar-refractivity contribution in [2.75, 3.05) is 6.61 Å². The van der Waals surface area contributed by atoms with Gasteiger partial charge in [0.25, 0.3) is 0 Å². The number of H-pyrrole nitrogens is 1. The van der Waals surface area contributed by atoms with Gasteiger partial charge in [0, 0.05) is 11.7 Å². The SMILES string of the molecule is CC(N)(CO)c1ccc2cc[nH]c2c1. The highest BCUT2D eigenvalue weighted by Crippen LogP contribution is 2.21. The molecule has 74 valence electrons. The van der Waals surface area contributed by atoms with E-state index in [9.17, 15) is 0 Å². The first-order valence-electron chi connectivity index (χ1n) is 4.61. The Kier molecular flexibility index (Phi) is 2.06. The maximum atomic E-state index is 9.13. The van der Waals surface area contributed by atoms with Crippen LogP contribution in [-0.4, -0.2) is 16.7 Å². The zero-order valence-electron chi connectivity index (χ0n) is 8.12. The summed E-state index contributed by atoms with van der Waals surface area (Å²) in [4.78, 5) is 3.12. The number of fused-ring (bicyclic) bond motifs is 1. The van der Waals surface area contributed by atoms with Gasteiger partial charge in [-0.25, -0.2) is 0 Å². The number of aromatic nitrogens is 1. The second kappa shape index (κ2) is 3.12. The molecule has 14 heavy (non-hydrogen) atoms. The number of hydrogen-bond donors (Lipinski definition) is 3. The lowest BCUT2D eigenvalue weighted by Gasteiger charge is -2.22. The van der Waals surface area contributed by atoms with Gasteiger partial charge in [-0.3, -0.25) is 0 Å². The molecule has 3 heteroatoms. The van der Waals surface area contributed by atoms with E-state index in [1.807, 2.05) is 37.4 Å². The van der Waals surface area contributed by atoms with E-state index >= 15 is 0 Å². The van der Waals surface area contributed by atoms with E-state index in [-0.39, 0.29) is 6.61 Å². The normalized spacial score (nSPS) is 15.6. The Balaban J connectivity index is 2.53.